The minimum Gasteiger partial charge on any atom is -0.369 e. The van der Waals surface area contributed by atoms with Gasteiger partial charge in [-0.1, -0.05) is 6.92 Å². The van der Waals surface area contributed by atoms with E-state index >= 15 is 0 Å². The molecule has 0 bridgehead atoms. The second-order valence-corrected chi connectivity index (χ2v) is 7.60. The van der Waals surface area contributed by atoms with E-state index in [1.807, 2.05) is 11.7 Å². The van der Waals surface area contributed by atoms with Crippen LogP contribution in [0.1, 0.15) is 32.0 Å². The van der Waals surface area contributed by atoms with E-state index in [4.69, 9.17) is 9.47 Å². The van der Waals surface area contributed by atoms with E-state index in [2.05, 4.69) is 37.0 Å². The number of carbonyl (C=O) groups is 1. The Kier molecular flexibility index (Phi) is 6.59. The van der Waals surface area contributed by atoms with Crippen LogP contribution in [0.3, 0.4) is 0 Å². The molecule has 1 aliphatic heterocycles. The molecular weight excluding hydrogens is 320 g/mol. The van der Waals surface area contributed by atoms with Crippen molar-refractivity contribution in [2.24, 2.45) is 7.05 Å². The van der Waals surface area contributed by atoms with Crippen LogP contribution in [0.4, 0.5) is 0 Å². The van der Waals surface area contributed by atoms with E-state index in [1.165, 1.54) is 10.5 Å². The van der Waals surface area contributed by atoms with Gasteiger partial charge < -0.3 is 14.4 Å². The zero-order chi connectivity index (χ0) is 18.6. The Morgan fingerprint density at radius 2 is 2.20 bits per heavy atom. The molecule has 0 radical (unpaired) electrons. The lowest BCUT2D eigenvalue weighted by molar-refractivity contribution is -0.161. The maximum Gasteiger partial charge on any atom is 0.248 e. The molecule has 1 atom stereocenters. The molecule has 0 aromatic carbocycles. The molecule has 7 heteroatoms. The first-order valence-electron chi connectivity index (χ1n) is 8.89. The van der Waals surface area contributed by atoms with Crippen LogP contribution in [0.2, 0.25) is 0 Å². The fraction of sp³-hybridized carbons (Fsp3) is 0.778. The fourth-order valence-electron chi connectivity index (χ4n) is 3.29. The third-order valence-corrected chi connectivity index (χ3v) is 4.30. The zero-order valence-corrected chi connectivity index (χ0v) is 16.4. The van der Waals surface area contributed by atoms with Crippen LogP contribution in [-0.2, 0) is 34.3 Å². The van der Waals surface area contributed by atoms with Gasteiger partial charge in [0.1, 0.15) is 6.61 Å². The Bertz CT molecular complexity index is 583. The lowest BCUT2D eigenvalue weighted by Gasteiger charge is -2.42. The predicted octanol–water partition coefficient (Wildman–Crippen LogP) is 1.07. The van der Waals surface area contributed by atoms with Crippen molar-refractivity contribution >= 4 is 5.91 Å². The number of likely N-dealkylation sites (N-methyl/N-ethyl adjacent to an activating group) is 1. The van der Waals surface area contributed by atoms with Gasteiger partial charge in [0.15, 0.2) is 0 Å². The summed E-state index contributed by atoms with van der Waals surface area (Å²) in [6.07, 6.45) is 2.99. The first kappa shape index (κ1) is 19.9. The summed E-state index contributed by atoms with van der Waals surface area (Å²) in [5, 5.41) is 4.53. The number of aryl methyl sites for hydroxylation is 2. The van der Waals surface area contributed by atoms with Gasteiger partial charge in [0.25, 0.3) is 0 Å². The highest BCUT2D eigenvalue weighted by molar-refractivity contribution is 5.76. The average Bonchev–Trinajstić information content (AvgIpc) is 2.85. The van der Waals surface area contributed by atoms with Crippen molar-refractivity contribution in [1.29, 1.82) is 0 Å². The van der Waals surface area contributed by atoms with Crippen molar-refractivity contribution in [2.45, 2.75) is 45.4 Å². The lowest BCUT2D eigenvalue weighted by atomic mass is 10.0. The molecule has 25 heavy (non-hydrogen) atoms. The summed E-state index contributed by atoms with van der Waals surface area (Å²) >= 11 is 0. The molecular formula is C18H32N4O3. The molecule has 1 aromatic heterocycles. The second kappa shape index (κ2) is 8.29. The Morgan fingerprint density at radius 3 is 2.84 bits per heavy atom. The molecule has 0 unspecified atom stereocenters. The van der Waals surface area contributed by atoms with Gasteiger partial charge in [-0.05, 0) is 20.3 Å². The van der Waals surface area contributed by atoms with Crippen LogP contribution >= 0.6 is 0 Å². The average molecular weight is 352 g/mol. The van der Waals surface area contributed by atoms with Crippen LogP contribution in [0, 0.1) is 0 Å². The Balaban J connectivity index is 1.94. The number of morpholine rings is 1. The Labute approximate surface area is 150 Å². The predicted molar refractivity (Wildman–Crippen MR) is 96.3 cm³/mol. The SMILES string of the molecule is CCc1nn(C)cc1CN1C[C@H](COCC(=O)N(C)C)OC(C)(C)C1. The summed E-state index contributed by atoms with van der Waals surface area (Å²) in [5.74, 6) is -0.0325. The van der Waals surface area contributed by atoms with E-state index in [-0.39, 0.29) is 24.2 Å². The molecule has 0 aliphatic carbocycles. The van der Waals surface area contributed by atoms with Crippen molar-refractivity contribution in [3.05, 3.63) is 17.5 Å². The van der Waals surface area contributed by atoms with E-state index in [1.54, 1.807) is 14.1 Å². The summed E-state index contributed by atoms with van der Waals surface area (Å²) in [6, 6.07) is 0. The fourth-order valence-corrected chi connectivity index (χ4v) is 3.29. The summed E-state index contributed by atoms with van der Waals surface area (Å²) in [6.45, 7) is 9.35. The summed E-state index contributed by atoms with van der Waals surface area (Å²) in [5.41, 5.74) is 2.17. The molecule has 7 nitrogen and oxygen atoms in total. The molecule has 142 valence electrons. The number of hydrogen-bond donors (Lipinski definition) is 0. The van der Waals surface area contributed by atoms with Gasteiger partial charge in [0.05, 0.1) is 24.0 Å². The Hall–Kier alpha value is -1.44. The highest BCUT2D eigenvalue weighted by Gasteiger charge is 2.34. The minimum absolute atomic E-state index is 0.0325. The molecule has 1 fully saturated rings. The first-order valence-corrected chi connectivity index (χ1v) is 8.89. The number of hydrogen-bond acceptors (Lipinski definition) is 5. The summed E-state index contributed by atoms with van der Waals surface area (Å²) in [4.78, 5) is 15.6. The molecule has 0 spiro atoms. The van der Waals surface area contributed by atoms with Gasteiger partial charge in [-0.25, -0.2) is 0 Å². The molecule has 1 aliphatic rings. The molecule has 1 aromatic rings. The number of carbonyl (C=O) groups excluding carboxylic acids is 1. The van der Waals surface area contributed by atoms with Gasteiger partial charge in [-0.15, -0.1) is 0 Å². The van der Waals surface area contributed by atoms with Gasteiger partial charge >= 0.3 is 0 Å². The molecule has 0 N–H and O–H groups in total. The maximum atomic E-state index is 11.6. The van der Waals surface area contributed by atoms with E-state index in [0.29, 0.717) is 6.61 Å². The van der Waals surface area contributed by atoms with Crippen molar-refractivity contribution in [3.8, 4) is 0 Å². The number of nitrogens with zero attached hydrogens (tertiary/aromatic N) is 4. The van der Waals surface area contributed by atoms with Crippen molar-refractivity contribution in [3.63, 3.8) is 0 Å². The molecule has 2 heterocycles. The lowest BCUT2D eigenvalue weighted by Crippen LogP contribution is -2.53. The number of amides is 1. The summed E-state index contributed by atoms with van der Waals surface area (Å²) in [7, 11) is 5.42. The van der Waals surface area contributed by atoms with Gasteiger partial charge in [-0.3, -0.25) is 14.4 Å². The van der Waals surface area contributed by atoms with Gasteiger partial charge in [0, 0.05) is 52.5 Å². The highest BCUT2D eigenvalue weighted by atomic mass is 16.5. The van der Waals surface area contributed by atoms with Crippen molar-refractivity contribution < 1.29 is 14.3 Å². The van der Waals surface area contributed by atoms with Crippen LogP contribution in [0.15, 0.2) is 6.20 Å². The highest BCUT2D eigenvalue weighted by Crippen LogP contribution is 2.23. The summed E-state index contributed by atoms with van der Waals surface area (Å²) < 4.78 is 13.6. The maximum absolute atomic E-state index is 11.6. The van der Waals surface area contributed by atoms with Crippen LogP contribution in [0.25, 0.3) is 0 Å². The first-order chi connectivity index (χ1) is 11.7. The minimum atomic E-state index is -0.244. The standard InChI is InChI=1S/C18H32N4O3/c1-7-16-14(8-21(6)19-16)9-22-10-15(25-18(2,3)13-22)11-24-12-17(23)20(4)5/h8,15H,7,9-13H2,1-6H3/t15-/m1/s1. The largest absolute Gasteiger partial charge is 0.369 e. The molecule has 0 saturated carbocycles. The number of aromatic nitrogens is 2. The smallest absolute Gasteiger partial charge is 0.248 e. The van der Waals surface area contributed by atoms with Crippen LogP contribution in [-0.4, -0.2) is 77.6 Å². The molecule has 2 rings (SSSR count). The van der Waals surface area contributed by atoms with Crippen molar-refractivity contribution in [1.82, 2.24) is 19.6 Å². The monoisotopic (exact) mass is 352 g/mol. The normalized spacial score (nSPS) is 20.6. The van der Waals surface area contributed by atoms with Crippen molar-refractivity contribution in [2.75, 3.05) is 40.4 Å². The third-order valence-electron chi connectivity index (χ3n) is 4.30. The van der Waals surface area contributed by atoms with E-state index < -0.39 is 0 Å². The molecule has 1 saturated heterocycles. The van der Waals surface area contributed by atoms with E-state index in [9.17, 15) is 4.79 Å². The number of ether oxygens (including phenoxy) is 2. The van der Waals surface area contributed by atoms with Gasteiger partial charge in [0.2, 0.25) is 5.91 Å². The Morgan fingerprint density at radius 1 is 1.48 bits per heavy atom. The quantitative estimate of drug-likeness (QED) is 0.735. The van der Waals surface area contributed by atoms with Crippen LogP contribution < -0.4 is 0 Å². The van der Waals surface area contributed by atoms with E-state index in [0.717, 1.165) is 31.7 Å². The van der Waals surface area contributed by atoms with Crippen LogP contribution in [0.5, 0.6) is 0 Å². The third kappa shape index (κ3) is 5.80. The molecule has 1 amide bonds. The second-order valence-electron chi connectivity index (χ2n) is 7.60. The topological polar surface area (TPSA) is 59.8 Å². The van der Waals surface area contributed by atoms with Gasteiger partial charge in [-0.2, -0.15) is 5.10 Å². The number of rotatable bonds is 7. The zero-order valence-electron chi connectivity index (χ0n) is 16.4.